The van der Waals surface area contributed by atoms with Crippen LogP contribution in [0.5, 0.6) is 5.75 Å². The van der Waals surface area contributed by atoms with Crippen molar-refractivity contribution < 1.29 is 17.9 Å². The van der Waals surface area contributed by atoms with E-state index in [9.17, 15) is 13.2 Å². The Balaban J connectivity index is 1.45. The number of rotatable bonds is 8. The lowest BCUT2D eigenvalue weighted by Crippen LogP contribution is -2.46. The van der Waals surface area contributed by atoms with Crippen LogP contribution in [0.4, 0.5) is 5.13 Å². The van der Waals surface area contributed by atoms with Gasteiger partial charge in [0.2, 0.25) is 15.9 Å². The molecule has 1 aliphatic heterocycles. The second-order valence-electron chi connectivity index (χ2n) is 9.40. The predicted octanol–water partition coefficient (Wildman–Crippen LogP) is 5.50. The number of hydrogen-bond donors (Lipinski definition) is 0. The van der Waals surface area contributed by atoms with Crippen LogP contribution >= 0.6 is 11.3 Å². The van der Waals surface area contributed by atoms with Crippen LogP contribution < -0.4 is 9.64 Å². The fourth-order valence-electron chi connectivity index (χ4n) is 4.88. The first kappa shape index (κ1) is 26.3. The number of benzene rings is 3. The normalized spacial score (nSPS) is 16.4. The molecule has 1 fully saturated rings. The Morgan fingerprint density at radius 1 is 1.08 bits per heavy atom. The zero-order valence-electron chi connectivity index (χ0n) is 21.5. The number of aromatic nitrogens is 1. The summed E-state index contributed by atoms with van der Waals surface area (Å²) in [4.78, 5) is 20.9. The maximum absolute atomic E-state index is 14.1. The standard InChI is InChI=1S/C29H31N3O4S2/c1-3-22-11-7-13-26-27(22)30-29(37-26)32(19-21-9-5-4-6-10-21)28(33)23-12-8-18-31(20-23)38(34,35)25-16-14-24(36-2)15-17-25/h4-7,9-11,13-17,23H,3,8,12,18-20H2,1-2H3. The number of amides is 1. The maximum Gasteiger partial charge on any atom is 0.243 e. The quantitative estimate of drug-likeness (QED) is 0.290. The number of methoxy groups -OCH3 is 1. The van der Waals surface area contributed by atoms with Crippen LogP contribution in [0.2, 0.25) is 0 Å². The van der Waals surface area contributed by atoms with Gasteiger partial charge in [0, 0.05) is 13.1 Å². The van der Waals surface area contributed by atoms with Gasteiger partial charge in [0.15, 0.2) is 5.13 Å². The second-order valence-corrected chi connectivity index (χ2v) is 12.3. The minimum atomic E-state index is -3.74. The van der Waals surface area contributed by atoms with Crippen LogP contribution in [0.3, 0.4) is 0 Å². The molecule has 2 heterocycles. The molecule has 1 saturated heterocycles. The Morgan fingerprint density at radius 2 is 1.84 bits per heavy atom. The number of thiazole rings is 1. The lowest BCUT2D eigenvalue weighted by Gasteiger charge is -2.33. The molecule has 9 heteroatoms. The van der Waals surface area contributed by atoms with Crippen molar-refractivity contribution in [2.24, 2.45) is 5.92 Å². The summed E-state index contributed by atoms with van der Waals surface area (Å²) in [5, 5.41) is 0.643. The SMILES string of the molecule is CCc1cccc2sc(N(Cc3ccccc3)C(=O)C3CCCN(S(=O)(=O)c4ccc(OC)cc4)C3)nc12. The van der Waals surface area contributed by atoms with Gasteiger partial charge in [-0.1, -0.05) is 60.7 Å². The highest BCUT2D eigenvalue weighted by molar-refractivity contribution is 7.89. The summed E-state index contributed by atoms with van der Waals surface area (Å²) in [7, 11) is -2.20. The largest absolute Gasteiger partial charge is 0.497 e. The molecule has 198 valence electrons. The van der Waals surface area contributed by atoms with E-state index in [0.717, 1.165) is 27.8 Å². The molecule has 1 amide bonds. The van der Waals surface area contributed by atoms with Crippen LogP contribution in [0.25, 0.3) is 10.2 Å². The van der Waals surface area contributed by atoms with Crippen molar-refractivity contribution in [3.63, 3.8) is 0 Å². The molecule has 7 nitrogen and oxygen atoms in total. The minimum Gasteiger partial charge on any atom is -0.497 e. The smallest absolute Gasteiger partial charge is 0.243 e. The maximum atomic E-state index is 14.1. The molecule has 0 N–H and O–H groups in total. The third kappa shape index (κ3) is 5.32. The van der Waals surface area contributed by atoms with E-state index in [1.54, 1.807) is 36.3 Å². The molecule has 4 aromatic rings. The third-order valence-corrected chi connectivity index (χ3v) is 9.91. The molecule has 3 aromatic carbocycles. The number of fused-ring (bicyclic) bond motifs is 1. The molecule has 0 saturated carbocycles. The first-order valence-electron chi connectivity index (χ1n) is 12.8. The van der Waals surface area contributed by atoms with Crippen molar-refractivity contribution in [3.8, 4) is 5.75 Å². The summed E-state index contributed by atoms with van der Waals surface area (Å²) in [5.74, 6) is 0.0352. The fraction of sp³-hybridized carbons (Fsp3) is 0.310. The fourth-order valence-corrected chi connectivity index (χ4v) is 7.42. The van der Waals surface area contributed by atoms with Gasteiger partial charge in [-0.3, -0.25) is 9.69 Å². The van der Waals surface area contributed by atoms with Crippen LogP contribution in [0, 0.1) is 5.92 Å². The number of piperidine rings is 1. The van der Waals surface area contributed by atoms with Gasteiger partial charge in [-0.25, -0.2) is 13.4 Å². The van der Waals surface area contributed by atoms with Gasteiger partial charge in [-0.05, 0) is 60.7 Å². The average Bonchev–Trinajstić information content (AvgIpc) is 3.40. The lowest BCUT2D eigenvalue weighted by molar-refractivity contribution is -0.123. The number of carbonyl (C=O) groups is 1. The molecule has 1 aliphatic rings. The number of aryl methyl sites for hydroxylation is 1. The summed E-state index contributed by atoms with van der Waals surface area (Å²) < 4.78 is 34.5. The van der Waals surface area contributed by atoms with Crippen LogP contribution in [-0.2, 0) is 27.8 Å². The van der Waals surface area contributed by atoms with Gasteiger partial charge in [-0.15, -0.1) is 0 Å². The molecule has 1 aromatic heterocycles. The molecule has 0 aliphatic carbocycles. The van der Waals surface area contributed by atoms with E-state index < -0.39 is 15.9 Å². The van der Waals surface area contributed by atoms with Gasteiger partial charge >= 0.3 is 0 Å². The molecule has 0 spiro atoms. The minimum absolute atomic E-state index is 0.0967. The number of hydrogen-bond acceptors (Lipinski definition) is 6. The van der Waals surface area contributed by atoms with Gasteiger partial charge in [0.25, 0.3) is 0 Å². The van der Waals surface area contributed by atoms with E-state index in [4.69, 9.17) is 9.72 Å². The van der Waals surface area contributed by atoms with E-state index in [1.807, 2.05) is 42.5 Å². The summed E-state index contributed by atoms with van der Waals surface area (Å²) in [6, 6.07) is 22.3. The number of nitrogens with zero attached hydrogens (tertiary/aromatic N) is 3. The van der Waals surface area contributed by atoms with Crippen LogP contribution in [0.1, 0.15) is 30.9 Å². The molecule has 1 atom stereocenters. The highest BCUT2D eigenvalue weighted by Gasteiger charge is 2.36. The summed E-state index contributed by atoms with van der Waals surface area (Å²) in [6.45, 7) is 3.00. The molecule has 5 rings (SSSR count). The van der Waals surface area contributed by atoms with E-state index in [0.29, 0.717) is 36.8 Å². The summed E-state index contributed by atoms with van der Waals surface area (Å²) in [5.41, 5.74) is 3.06. The molecular weight excluding hydrogens is 518 g/mol. The highest BCUT2D eigenvalue weighted by Crippen LogP contribution is 2.34. The van der Waals surface area contributed by atoms with Crippen molar-refractivity contribution in [2.45, 2.75) is 37.6 Å². The molecule has 0 bridgehead atoms. The second kappa shape index (κ2) is 11.2. The number of ether oxygens (including phenoxy) is 1. The number of para-hydroxylation sites is 1. The molecule has 0 radical (unpaired) electrons. The van der Waals surface area contributed by atoms with Crippen molar-refractivity contribution in [1.82, 2.24) is 9.29 Å². The van der Waals surface area contributed by atoms with E-state index in [-0.39, 0.29) is 17.3 Å². The Bertz CT molecular complexity index is 1520. The van der Waals surface area contributed by atoms with Gasteiger partial charge in [0.05, 0.1) is 34.7 Å². The van der Waals surface area contributed by atoms with Crippen molar-refractivity contribution in [2.75, 3.05) is 25.1 Å². The van der Waals surface area contributed by atoms with Crippen molar-refractivity contribution in [3.05, 3.63) is 83.9 Å². The van der Waals surface area contributed by atoms with E-state index >= 15 is 0 Å². The molecular formula is C29H31N3O4S2. The number of anilines is 1. The summed E-state index contributed by atoms with van der Waals surface area (Å²) >= 11 is 1.50. The zero-order chi connectivity index (χ0) is 26.7. The Labute approximate surface area is 227 Å². The predicted molar refractivity (Wildman–Crippen MR) is 151 cm³/mol. The van der Waals surface area contributed by atoms with Crippen LogP contribution in [0.15, 0.2) is 77.7 Å². The van der Waals surface area contributed by atoms with Gasteiger partial charge < -0.3 is 4.74 Å². The Morgan fingerprint density at radius 3 is 2.55 bits per heavy atom. The highest BCUT2D eigenvalue weighted by atomic mass is 32.2. The van der Waals surface area contributed by atoms with Crippen molar-refractivity contribution in [1.29, 1.82) is 0 Å². The van der Waals surface area contributed by atoms with Gasteiger partial charge in [0.1, 0.15) is 5.75 Å². The topological polar surface area (TPSA) is 79.8 Å². The summed E-state index contributed by atoms with van der Waals surface area (Å²) in [6.07, 6.45) is 2.10. The number of sulfonamides is 1. The molecule has 1 unspecified atom stereocenters. The average molecular weight is 550 g/mol. The first-order valence-corrected chi connectivity index (χ1v) is 15.0. The van der Waals surface area contributed by atoms with Gasteiger partial charge in [-0.2, -0.15) is 4.31 Å². The van der Waals surface area contributed by atoms with E-state index in [2.05, 4.69) is 13.0 Å². The van der Waals surface area contributed by atoms with Crippen molar-refractivity contribution >= 4 is 42.6 Å². The first-order chi connectivity index (χ1) is 18.4. The number of carbonyl (C=O) groups excluding carboxylic acids is 1. The van der Waals surface area contributed by atoms with E-state index in [1.165, 1.54) is 15.6 Å². The zero-order valence-corrected chi connectivity index (χ0v) is 23.2. The Kier molecular flexibility index (Phi) is 7.78. The van der Waals surface area contributed by atoms with Crippen LogP contribution in [-0.4, -0.2) is 43.8 Å². The third-order valence-electron chi connectivity index (χ3n) is 6.98. The molecule has 38 heavy (non-hydrogen) atoms. The Hall–Kier alpha value is -3.27. The lowest BCUT2D eigenvalue weighted by atomic mass is 9.98. The monoisotopic (exact) mass is 549 g/mol.